The Bertz CT molecular complexity index is 508. The van der Waals surface area contributed by atoms with Gasteiger partial charge >= 0.3 is 0 Å². The molecular weight excluding hydrogens is 250 g/mol. The average Bonchev–Trinajstić information content (AvgIpc) is 2.37. The van der Waals surface area contributed by atoms with Gasteiger partial charge in [0.2, 0.25) is 0 Å². The van der Waals surface area contributed by atoms with E-state index in [-0.39, 0.29) is 11.8 Å². The maximum atomic E-state index is 12.6. The lowest BCUT2D eigenvalue weighted by molar-refractivity contribution is -0.0521. The zero-order chi connectivity index (χ0) is 14.9. The van der Waals surface area contributed by atoms with E-state index in [0.29, 0.717) is 19.5 Å². The van der Waals surface area contributed by atoms with Gasteiger partial charge in [0.1, 0.15) is 0 Å². The summed E-state index contributed by atoms with van der Waals surface area (Å²) in [5.41, 5.74) is 2.34. The Balaban J connectivity index is 2.18. The second-order valence-corrected chi connectivity index (χ2v) is 6.28. The van der Waals surface area contributed by atoms with Crippen molar-refractivity contribution in [3.63, 3.8) is 0 Å². The van der Waals surface area contributed by atoms with Crippen LogP contribution in [0.25, 0.3) is 0 Å². The number of carbonyl (C=O) groups is 1. The van der Waals surface area contributed by atoms with Crippen LogP contribution >= 0.6 is 0 Å². The Labute approximate surface area is 121 Å². The fourth-order valence-electron chi connectivity index (χ4n) is 3.10. The van der Waals surface area contributed by atoms with Gasteiger partial charge in [0.25, 0.3) is 5.91 Å². The number of rotatable bonds is 2. The van der Waals surface area contributed by atoms with Crippen molar-refractivity contribution < 1.29 is 9.90 Å². The van der Waals surface area contributed by atoms with E-state index in [1.807, 2.05) is 43.9 Å². The molecule has 0 aromatic heterocycles. The molecule has 20 heavy (non-hydrogen) atoms. The van der Waals surface area contributed by atoms with Crippen LogP contribution in [0, 0.1) is 19.8 Å². The van der Waals surface area contributed by atoms with Crippen molar-refractivity contribution in [2.75, 3.05) is 13.1 Å². The number of piperidine rings is 1. The monoisotopic (exact) mass is 275 g/mol. The van der Waals surface area contributed by atoms with Crippen molar-refractivity contribution in [2.24, 2.45) is 5.92 Å². The number of amides is 1. The number of aryl methyl sites for hydroxylation is 2. The van der Waals surface area contributed by atoms with Gasteiger partial charge in [-0.1, -0.05) is 24.6 Å². The third-order valence-electron chi connectivity index (χ3n) is 4.60. The molecule has 1 heterocycles. The Morgan fingerprint density at radius 3 is 2.75 bits per heavy atom. The first-order chi connectivity index (χ1) is 9.35. The fraction of sp³-hybridized carbons (Fsp3) is 0.588. The first-order valence-corrected chi connectivity index (χ1v) is 7.44. The van der Waals surface area contributed by atoms with Gasteiger partial charge < -0.3 is 10.0 Å². The summed E-state index contributed by atoms with van der Waals surface area (Å²) in [7, 11) is 0. The second kappa shape index (κ2) is 5.57. The Morgan fingerprint density at radius 1 is 1.45 bits per heavy atom. The van der Waals surface area contributed by atoms with Crippen LogP contribution in [0.2, 0.25) is 0 Å². The van der Waals surface area contributed by atoms with E-state index >= 15 is 0 Å². The highest BCUT2D eigenvalue weighted by molar-refractivity contribution is 5.95. The Hall–Kier alpha value is -1.35. The van der Waals surface area contributed by atoms with E-state index in [0.717, 1.165) is 17.5 Å². The van der Waals surface area contributed by atoms with E-state index in [2.05, 4.69) is 6.92 Å². The molecule has 1 aromatic rings. The first kappa shape index (κ1) is 15.0. The van der Waals surface area contributed by atoms with Crippen LogP contribution in [-0.4, -0.2) is 34.6 Å². The molecule has 0 saturated carbocycles. The van der Waals surface area contributed by atoms with E-state index in [1.54, 1.807) is 0 Å². The topological polar surface area (TPSA) is 40.5 Å². The molecule has 0 unspecified atom stereocenters. The normalized spacial score (nSPS) is 26.6. The summed E-state index contributed by atoms with van der Waals surface area (Å²) in [6.07, 6.45) is 1.55. The summed E-state index contributed by atoms with van der Waals surface area (Å²) in [4.78, 5) is 14.5. The lowest BCUT2D eigenvalue weighted by Crippen LogP contribution is -2.51. The van der Waals surface area contributed by atoms with Crippen molar-refractivity contribution in [3.05, 3.63) is 34.9 Å². The molecule has 1 aliphatic heterocycles. The van der Waals surface area contributed by atoms with Crippen molar-refractivity contribution in [1.29, 1.82) is 0 Å². The van der Waals surface area contributed by atoms with Gasteiger partial charge in [-0.2, -0.15) is 0 Å². The number of aliphatic hydroxyl groups is 1. The number of carbonyl (C=O) groups excluding carboxylic acids is 1. The molecule has 3 heteroatoms. The third-order valence-corrected chi connectivity index (χ3v) is 4.60. The predicted molar refractivity (Wildman–Crippen MR) is 80.8 cm³/mol. The van der Waals surface area contributed by atoms with Crippen molar-refractivity contribution in [1.82, 2.24) is 4.90 Å². The summed E-state index contributed by atoms with van der Waals surface area (Å²) in [5.74, 6) is 0.252. The zero-order valence-corrected chi connectivity index (χ0v) is 12.9. The van der Waals surface area contributed by atoms with E-state index in [9.17, 15) is 9.90 Å². The highest BCUT2D eigenvalue weighted by Crippen LogP contribution is 2.30. The van der Waals surface area contributed by atoms with Gasteiger partial charge in [-0.25, -0.2) is 0 Å². The van der Waals surface area contributed by atoms with Crippen molar-refractivity contribution in [3.8, 4) is 0 Å². The van der Waals surface area contributed by atoms with Crippen molar-refractivity contribution >= 4 is 5.91 Å². The highest BCUT2D eigenvalue weighted by atomic mass is 16.3. The van der Waals surface area contributed by atoms with Gasteiger partial charge in [0.05, 0.1) is 5.60 Å². The fourth-order valence-corrected chi connectivity index (χ4v) is 3.10. The highest BCUT2D eigenvalue weighted by Gasteiger charge is 2.38. The van der Waals surface area contributed by atoms with Crippen LogP contribution in [0.15, 0.2) is 18.2 Å². The third kappa shape index (κ3) is 2.88. The molecule has 3 nitrogen and oxygen atoms in total. The number of nitrogens with zero attached hydrogens (tertiary/aromatic N) is 1. The second-order valence-electron chi connectivity index (χ2n) is 6.28. The van der Waals surface area contributed by atoms with Crippen LogP contribution in [-0.2, 0) is 0 Å². The van der Waals surface area contributed by atoms with Crippen LogP contribution in [0.4, 0.5) is 0 Å². The molecular formula is C17H25NO2. The minimum Gasteiger partial charge on any atom is -0.390 e. The predicted octanol–water partition coefficient (Wildman–Crippen LogP) is 2.93. The first-order valence-electron chi connectivity index (χ1n) is 7.44. The summed E-state index contributed by atoms with van der Waals surface area (Å²) in [5, 5.41) is 10.4. The summed E-state index contributed by atoms with van der Waals surface area (Å²) in [6, 6.07) is 5.95. The lowest BCUT2D eigenvalue weighted by Gasteiger charge is -2.42. The quantitative estimate of drug-likeness (QED) is 0.901. The van der Waals surface area contributed by atoms with Gasteiger partial charge in [0, 0.05) is 24.6 Å². The minimum absolute atomic E-state index is 0.0939. The maximum Gasteiger partial charge on any atom is 0.254 e. The molecule has 1 aromatic carbocycles. The van der Waals surface area contributed by atoms with Crippen LogP contribution in [0.3, 0.4) is 0 Å². The van der Waals surface area contributed by atoms with E-state index in [4.69, 9.17) is 0 Å². The molecule has 2 rings (SSSR count). The standard InChI is InChI=1S/C17H25NO2/c1-5-14-11-18(9-8-17(14,4)20)16(19)15-7-6-12(2)10-13(15)3/h6-7,10,14,20H,5,8-9,11H2,1-4H3/t14-,17+/m0/s1. The molecule has 1 N–H and O–H groups in total. The van der Waals surface area contributed by atoms with Gasteiger partial charge in [0.15, 0.2) is 0 Å². The van der Waals surface area contributed by atoms with Crippen LogP contribution in [0.5, 0.6) is 0 Å². The average molecular weight is 275 g/mol. The molecule has 1 fully saturated rings. The molecule has 110 valence electrons. The summed E-state index contributed by atoms with van der Waals surface area (Å²) < 4.78 is 0. The summed E-state index contributed by atoms with van der Waals surface area (Å²) in [6.45, 7) is 9.26. The lowest BCUT2D eigenvalue weighted by atomic mass is 9.80. The number of hydrogen-bond donors (Lipinski definition) is 1. The van der Waals surface area contributed by atoms with Gasteiger partial charge in [-0.05, 0) is 45.2 Å². The van der Waals surface area contributed by atoms with Crippen LogP contribution < -0.4 is 0 Å². The summed E-state index contributed by atoms with van der Waals surface area (Å²) >= 11 is 0. The van der Waals surface area contributed by atoms with Gasteiger partial charge in [-0.3, -0.25) is 4.79 Å². The molecule has 0 radical (unpaired) electrons. The zero-order valence-electron chi connectivity index (χ0n) is 12.9. The largest absolute Gasteiger partial charge is 0.390 e. The number of likely N-dealkylation sites (tertiary alicyclic amines) is 1. The maximum absolute atomic E-state index is 12.6. The Kier molecular flexibility index (Phi) is 4.19. The minimum atomic E-state index is -0.645. The SMILES string of the molecule is CC[C@H]1CN(C(=O)c2ccc(C)cc2C)CC[C@@]1(C)O. The molecule has 0 spiro atoms. The van der Waals surface area contributed by atoms with Crippen LogP contribution in [0.1, 0.15) is 48.2 Å². The molecule has 1 amide bonds. The molecule has 1 saturated heterocycles. The number of benzene rings is 1. The smallest absolute Gasteiger partial charge is 0.254 e. The molecule has 0 aliphatic carbocycles. The van der Waals surface area contributed by atoms with E-state index in [1.165, 1.54) is 5.56 Å². The van der Waals surface area contributed by atoms with E-state index < -0.39 is 5.60 Å². The Morgan fingerprint density at radius 2 is 2.15 bits per heavy atom. The molecule has 0 bridgehead atoms. The number of hydrogen-bond acceptors (Lipinski definition) is 2. The van der Waals surface area contributed by atoms with Crippen molar-refractivity contribution in [2.45, 2.75) is 46.1 Å². The van der Waals surface area contributed by atoms with Gasteiger partial charge in [-0.15, -0.1) is 0 Å². The molecule has 2 atom stereocenters. The molecule has 1 aliphatic rings.